The zero-order chi connectivity index (χ0) is 23.6. The number of benzene rings is 3. The molecule has 1 aromatic heterocycles. The summed E-state index contributed by atoms with van der Waals surface area (Å²) < 4.78 is 2.26. The monoisotopic (exact) mass is 458 g/mol. The number of fused-ring (bicyclic) bond motifs is 3. The van der Waals surface area contributed by atoms with Gasteiger partial charge in [-0.25, -0.2) is 0 Å². The van der Waals surface area contributed by atoms with Gasteiger partial charge in [-0.1, -0.05) is 30.3 Å². The number of carbonyl (C=O) groups excluding carboxylic acids is 2. The lowest BCUT2D eigenvalue weighted by Gasteiger charge is -2.22. The zero-order valence-corrected chi connectivity index (χ0v) is 21.0. The molecule has 0 amide bonds. The predicted molar refractivity (Wildman–Crippen MR) is 143 cm³/mol. The lowest BCUT2D eigenvalue weighted by atomic mass is 10.0. The molecule has 0 unspecified atom stereocenters. The molecule has 0 atom stereocenters. The fourth-order valence-corrected chi connectivity index (χ4v) is 7.72. The number of carbonyl (C=O) groups is 2. The van der Waals surface area contributed by atoms with Crippen molar-refractivity contribution in [3.05, 3.63) is 83.4 Å². The molecule has 0 aliphatic carbocycles. The van der Waals surface area contributed by atoms with Gasteiger partial charge in [-0.3, -0.25) is 9.59 Å². The highest BCUT2D eigenvalue weighted by molar-refractivity contribution is 7.76. The molecule has 4 aromatic rings. The molecule has 33 heavy (non-hydrogen) atoms. The van der Waals surface area contributed by atoms with Crippen molar-refractivity contribution in [2.24, 2.45) is 0 Å². The Bertz CT molecular complexity index is 1310. The van der Waals surface area contributed by atoms with E-state index >= 15 is 0 Å². The summed E-state index contributed by atoms with van der Waals surface area (Å²) in [4.78, 5) is 26.4. The van der Waals surface area contributed by atoms with Crippen molar-refractivity contribution in [2.75, 3.05) is 24.6 Å². The summed E-state index contributed by atoms with van der Waals surface area (Å²) in [6, 6.07) is 21.5. The van der Waals surface area contributed by atoms with Crippen molar-refractivity contribution in [2.45, 2.75) is 34.2 Å². The molecule has 4 rings (SSSR count). The maximum Gasteiger partial charge on any atom is 0.199 e. The van der Waals surface area contributed by atoms with E-state index in [0.717, 1.165) is 52.4 Å². The number of Topliss-reactive ketones (excluding diaryl/α,β-unsaturated/α-hetero) is 1. The highest BCUT2D eigenvalue weighted by Gasteiger charge is 2.34. The zero-order valence-electron chi connectivity index (χ0n) is 20.1. The Morgan fingerprint density at radius 2 is 1.24 bits per heavy atom. The van der Waals surface area contributed by atoms with Gasteiger partial charge in [0.15, 0.2) is 11.6 Å². The van der Waals surface area contributed by atoms with E-state index in [1.165, 1.54) is 0 Å². The summed E-state index contributed by atoms with van der Waals surface area (Å²) in [5.74, 6) is 0.273. The van der Waals surface area contributed by atoms with Crippen LogP contribution >= 0.6 is 7.26 Å². The number of ketones is 2. The second-order valence-electron chi connectivity index (χ2n) is 8.77. The van der Waals surface area contributed by atoms with Gasteiger partial charge < -0.3 is 4.57 Å². The van der Waals surface area contributed by atoms with Gasteiger partial charge >= 0.3 is 0 Å². The van der Waals surface area contributed by atoms with Crippen LogP contribution < -0.4 is 0 Å². The second kappa shape index (κ2) is 9.61. The molecule has 4 heteroatoms. The number of nitrogens with zero attached hydrogens (tertiary/aromatic N) is 1. The smallest absolute Gasteiger partial charge is 0.199 e. The number of aromatic nitrogens is 1. The minimum absolute atomic E-state index is 0.0190. The SMILES string of the molecule is CCn1c2ccc(C(=O)C[P+](CC)(CC)CC)cc2c2cc(C(=O)c3ccccc3)ccc21. The molecule has 0 N–H and O–H groups in total. The topological polar surface area (TPSA) is 39.1 Å². The molecule has 1 heterocycles. The van der Waals surface area contributed by atoms with Crippen molar-refractivity contribution in [3.63, 3.8) is 0 Å². The fourth-order valence-electron chi connectivity index (χ4n) is 4.92. The first-order chi connectivity index (χ1) is 16.0. The molecule has 0 bridgehead atoms. The summed E-state index contributed by atoms with van der Waals surface area (Å²) >= 11 is 0. The van der Waals surface area contributed by atoms with Gasteiger partial charge in [0.1, 0.15) is 6.16 Å². The van der Waals surface area contributed by atoms with Crippen LogP contribution in [-0.4, -0.2) is 40.8 Å². The van der Waals surface area contributed by atoms with Crippen molar-refractivity contribution < 1.29 is 9.59 Å². The summed E-state index contributed by atoms with van der Waals surface area (Å²) in [6.07, 6.45) is 4.04. The Morgan fingerprint density at radius 3 is 1.79 bits per heavy atom. The predicted octanol–water partition coefficient (Wildman–Crippen LogP) is 7.31. The molecule has 0 aliphatic rings. The Labute approximate surface area is 197 Å². The standard InChI is InChI=1S/C29H33NO2P/c1-5-30-26-16-14-22(28(31)20-33(6-2,7-3)8-4)18-24(26)25-19-23(15-17-27(25)30)29(32)21-12-10-9-11-13-21/h9-19H,5-8,20H2,1-4H3/q+1. The maximum absolute atomic E-state index is 13.3. The van der Waals surface area contributed by atoms with Gasteiger partial charge in [0, 0.05) is 52.3 Å². The fraction of sp³-hybridized carbons (Fsp3) is 0.310. The third-order valence-electron chi connectivity index (χ3n) is 7.29. The molecule has 0 radical (unpaired) electrons. The number of hydrogen-bond acceptors (Lipinski definition) is 2. The van der Waals surface area contributed by atoms with Crippen LogP contribution in [0.1, 0.15) is 54.0 Å². The first kappa shape index (κ1) is 23.4. The minimum atomic E-state index is -1.22. The van der Waals surface area contributed by atoms with Crippen LogP contribution in [-0.2, 0) is 6.54 Å². The molecule has 0 saturated carbocycles. The van der Waals surface area contributed by atoms with E-state index in [1.54, 1.807) is 0 Å². The van der Waals surface area contributed by atoms with E-state index in [4.69, 9.17) is 0 Å². The molecule has 3 aromatic carbocycles. The van der Waals surface area contributed by atoms with Crippen molar-refractivity contribution in [1.82, 2.24) is 4.57 Å². The second-order valence-corrected chi connectivity index (χ2v) is 13.7. The van der Waals surface area contributed by atoms with Crippen molar-refractivity contribution in [3.8, 4) is 0 Å². The molecule has 0 spiro atoms. The highest BCUT2D eigenvalue weighted by atomic mass is 31.2. The average molecular weight is 459 g/mol. The van der Waals surface area contributed by atoms with E-state index in [2.05, 4.69) is 44.4 Å². The Balaban J connectivity index is 1.82. The lowest BCUT2D eigenvalue weighted by Crippen LogP contribution is -2.15. The average Bonchev–Trinajstić information content (AvgIpc) is 3.19. The first-order valence-electron chi connectivity index (χ1n) is 12.0. The molecule has 170 valence electrons. The van der Waals surface area contributed by atoms with E-state index in [0.29, 0.717) is 17.3 Å². The van der Waals surface area contributed by atoms with E-state index in [-0.39, 0.29) is 11.6 Å². The molecule has 0 saturated heterocycles. The lowest BCUT2D eigenvalue weighted by molar-refractivity contribution is 0.101. The molecular formula is C29H33NO2P+. The third kappa shape index (κ3) is 4.27. The molecular weight excluding hydrogens is 425 g/mol. The van der Waals surface area contributed by atoms with Crippen molar-refractivity contribution >= 4 is 40.6 Å². The minimum Gasteiger partial charge on any atom is -0.341 e. The molecule has 0 fully saturated rings. The van der Waals surface area contributed by atoms with Crippen LogP contribution in [0.15, 0.2) is 66.7 Å². The third-order valence-corrected chi connectivity index (χ3v) is 12.3. The Morgan fingerprint density at radius 1 is 0.697 bits per heavy atom. The van der Waals surface area contributed by atoms with Crippen LogP contribution in [0.4, 0.5) is 0 Å². The van der Waals surface area contributed by atoms with Gasteiger partial charge in [0.2, 0.25) is 0 Å². The normalized spacial score (nSPS) is 11.9. The van der Waals surface area contributed by atoms with E-state index in [1.807, 2.05) is 54.6 Å². The Hall–Kier alpha value is -2.77. The van der Waals surface area contributed by atoms with Crippen LogP contribution in [0, 0.1) is 0 Å². The number of hydrogen-bond donors (Lipinski definition) is 0. The van der Waals surface area contributed by atoms with E-state index < -0.39 is 7.26 Å². The molecule has 0 aliphatic heterocycles. The molecule has 3 nitrogen and oxygen atoms in total. The first-order valence-corrected chi connectivity index (χ1v) is 14.5. The van der Waals surface area contributed by atoms with Gasteiger partial charge in [0.25, 0.3) is 0 Å². The van der Waals surface area contributed by atoms with Crippen LogP contribution in [0.3, 0.4) is 0 Å². The van der Waals surface area contributed by atoms with Crippen LogP contribution in [0.5, 0.6) is 0 Å². The summed E-state index contributed by atoms with van der Waals surface area (Å²) in [5.41, 5.74) is 4.35. The van der Waals surface area contributed by atoms with Gasteiger partial charge in [-0.2, -0.15) is 0 Å². The van der Waals surface area contributed by atoms with Crippen LogP contribution in [0.2, 0.25) is 0 Å². The van der Waals surface area contributed by atoms with Crippen LogP contribution in [0.25, 0.3) is 21.8 Å². The van der Waals surface area contributed by atoms with Gasteiger partial charge in [0.05, 0.1) is 18.5 Å². The summed E-state index contributed by atoms with van der Waals surface area (Å²) in [6.45, 7) is 9.66. The number of aryl methyl sites for hydroxylation is 1. The van der Waals surface area contributed by atoms with E-state index in [9.17, 15) is 9.59 Å². The Kier molecular flexibility index (Phi) is 6.81. The quantitative estimate of drug-likeness (QED) is 0.195. The largest absolute Gasteiger partial charge is 0.341 e. The summed E-state index contributed by atoms with van der Waals surface area (Å²) in [5, 5.41) is 2.08. The van der Waals surface area contributed by atoms with Crippen molar-refractivity contribution in [1.29, 1.82) is 0 Å². The summed E-state index contributed by atoms with van der Waals surface area (Å²) in [7, 11) is -1.22. The number of rotatable bonds is 9. The van der Waals surface area contributed by atoms with Gasteiger partial charge in [-0.05, 0) is 64.1 Å². The highest BCUT2D eigenvalue weighted by Crippen LogP contribution is 2.57. The van der Waals surface area contributed by atoms with Gasteiger partial charge in [-0.15, -0.1) is 0 Å². The maximum atomic E-state index is 13.3.